The van der Waals surface area contributed by atoms with Gasteiger partial charge < -0.3 is 19.5 Å². The predicted molar refractivity (Wildman–Crippen MR) is 123 cm³/mol. The number of nitrogens with zero attached hydrogens (tertiary/aromatic N) is 1. The van der Waals surface area contributed by atoms with Gasteiger partial charge in [0.25, 0.3) is 5.91 Å². The molecule has 1 N–H and O–H groups in total. The van der Waals surface area contributed by atoms with Crippen molar-refractivity contribution in [3.05, 3.63) is 46.2 Å². The summed E-state index contributed by atoms with van der Waals surface area (Å²) in [4.78, 5) is 28.8. The highest BCUT2D eigenvalue weighted by Gasteiger charge is 2.33. The molecule has 0 aliphatic heterocycles. The zero-order valence-corrected chi connectivity index (χ0v) is 19.9. The zero-order valence-electron chi connectivity index (χ0n) is 18.4. The fourth-order valence-electron chi connectivity index (χ4n) is 3.25. The van der Waals surface area contributed by atoms with Crippen LogP contribution in [-0.2, 0) is 9.53 Å². The minimum absolute atomic E-state index is 0.163. The Hall–Kier alpha value is -2.51. The standard InChI is InChI=1S/C23H26Cl2N2O5/c1-23(2,3)22(29)32-15-7-6-14(10-15)31-19-9-13(5-8-18(19)30-4)21(28)27-20-16(24)11-26-12-17(20)25/h5,8-9,11-12,14-15H,6-7,10H2,1-4H3,(H,26,27,28)/t14-,15+/m0/s1. The van der Waals surface area contributed by atoms with Gasteiger partial charge in [0, 0.05) is 24.4 Å². The van der Waals surface area contributed by atoms with Crippen molar-refractivity contribution in [2.75, 3.05) is 12.4 Å². The van der Waals surface area contributed by atoms with Crippen LogP contribution >= 0.6 is 23.2 Å². The van der Waals surface area contributed by atoms with E-state index >= 15 is 0 Å². The molecule has 0 radical (unpaired) electrons. The van der Waals surface area contributed by atoms with E-state index in [1.54, 1.807) is 18.2 Å². The first-order chi connectivity index (χ1) is 15.1. The second kappa shape index (κ2) is 9.96. The monoisotopic (exact) mass is 480 g/mol. The van der Waals surface area contributed by atoms with Crippen LogP contribution in [0.2, 0.25) is 10.0 Å². The quantitative estimate of drug-likeness (QED) is 0.546. The van der Waals surface area contributed by atoms with Gasteiger partial charge in [0.1, 0.15) is 12.2 Å². The number of benzene rings is 1. The summed E-state index contributed by atoms with van der Waals surface area (Å²) in [6.07, 6.45) is 4.45. The van der Waals surface area contributed by atoms with Crippen LogP contribution in [0.1, 0.15) is 50.4 Å². The summed E-state index contributed by atoms with van der Waals surface area (Å²) < 4.78 is 17.1. The molecule has 9 heteroatoms. The number of esters is 1. The number of halogens is 2. The molecule has 0 saturated heterocycles. The van der Waals surface area contributed by atoms with Crippen molar-refractivity contribution in [1.82, 2.24) is 4.98 Å². The second-order valence-electron chi connectivity index (χ2n) is 8.63. The number of methoxy groups -OCH3 is 1. The van der Waals surface area contributed by atoms with Crippen molar-refractivity contribution in [2.45, 2.75) is 52.2 Å². The van der Waals surface area contributed by atoms with Crippen molar-refractivity contribution >= 4 is 40.8 Å². The summed E-state index contributed by atoms with van der Waals surface area (Å²) >= 11 is 12.2. The Morgan fingerprint density at radius 3 is 2.34 bits per heavy atom. The number of amides is 1. The van der Waals surface area contributed by atoms with E-state index in [0.29, 0.717) is 29.9 Å². The van der Waals surface area contributed by atoms with E-state index in [-0.39, 0.29) is 33.9 Å². The summed E-state index contributed by atoms with van der Waals surface area (Å²) in [7, 11) is 1.53. The lowest BCUT2D eigenvalue weighted by Gasteiger charge is -2.21. The molecule has 0 unspecified atom stereocenters. The van der Waals surface area contributed by atoms with Gasteiger partial charge in [-0.2, -0.15) is 0 Å². The van der Waals surface area contributed by atoms with Gasteiger partial charge in [-0.05, 0) is 51.8 Å². The third-order valence-electron chi connectivity index (χ3n) is 5.03. The molecule has 1 aromatic heterocycles. The van der Waals surface area contributed by atoms with Crippen LogP contribution < -0.4 is 14.8 Å². The predicted octanol–water partition coefficient (Wildman–Crippen LogP) is 5.54. The summed E-state index contributed by atoms with van der Waals surface area (Å²) in [5.74, 6) is 0.292. The number of hydrogen-bond acceptors (Lipinski definition) is 6. The van der Waals surface area contributed by atoms with Gasteiger partial charge in [-0.25, -0.2) is 0 Å². The minimum Gasteiger partial charge on any atom is -0.493 e. The third-order valence-corrected chi connectivity index (χ3v) is 5.61. The smallest absolute Gasteiger partial charge is 0.311 e. The van der Waals surface area contributed by atoms with Gasteiger partial charge in [0.05, 0.1) is 28.3 Å². The number of anilines is 1. The molecule has 1 amide bonds. The molecule has 1 aliphatic rings. The number of rotatable bonds is 6. The highest BCUT2D eigenvalue weighted by molar-refractivity contribution is 6.39. The zero-order chi connectivity index (χ0) is 23.5. The fourth-order valence-corrected chi connectivity index (χ4v) is 3.71. The molecule has 3 rings (SSSR count). The lowest BCUT2D eigenvalue weighted by molar-refractivity contribution is -0.158. The van der Waals surface area contributed by atoms with Crippen LogP contribution in [0.25, 0.3) is 0 Å². The summed E-state index contributed by atoms with van der Waals surface area (Å²) in [5, 5.41) is 3.17. The molecular formula is C23H26Cl2N2O5. The van der Waals surface area contributed by atoms with Crippen LogP contribution in [0.5, 0.6) is 11.5 Å². The van der Waals surface area contributed by atoms with Crippen LogP contribution in [0.3, 0.4) is 0 Å². The first-order valence-electron chi connectivity index (χ1n) is 10.2. The normalized spacial score (nSPS) is 18.2. The molecule has 7 nitrogen and oxygen atoms in total. The lowest BCUT2D eigenvalue weighted by Crippen LogP contribution is -2.27. The molecule has 1 aliphatic carbocycles. The largest absolute Gasteiger partial charge is 0.493 e. The molecule has 1 saturated carbocycles. The first-order valence-corrected chi connectivity index (χ1v) is 11.0. The van der Waals surface area contributed by atoms with Gasteiger partial charge >= 0.3 is 5.97 Å². The summed E-state index contributed by atoms with van der Waals surface area (Å²) in [6, 6.07) is 4.88. The fraction of sp³-hybridized carbons (Fsp3) is 0.435. The van der Waals surface area contributed by atoms with Crippen molar-refractivity contribution in [1.29, 1.82) is 0 Å². The van der Waals surface area contributed by atoms with E-state index in [1.807, 2.05) is 20.8 Å². The molecule has 2 atom stereocenters. The summed E-state index contributed by atoms with van der Waals surface area (Å²) in [5.41, 5.74) is 0.0779. The molecule has 0 bridgehead atoms. The number of carbonyl (C=O) groups is 2. The van der Waals surface area contributed by atoms with E-state index in [2.05, 4.69) is 10.3 Å². The Bertz CT molecular complexity index is 986. The minimum atomic E-state index is -0.551. The Morgan fingerprint density at radius 1 is 1.06 bits per heavy atom. The highest BCUT2D eigenvalue weighted by Crippen LogP contribution is 2.35. The number of ether oxygens (including phenoxy) is 3. The maximum Gasteiger partial charge on any atom is 0.311 e. The number of pyridine rings is 1. The number of carbonyl (C=O) groups excluding carboxylic acids is 2. The lowest BCUT2D eigenvalue weighted by atomic mass is 9.97. The highest BCUT2D eigenvalue weighted by atomic mass is 35.5. The molecule has 1 fully saturated rings. The molecule has 1 aromatic carbocycles. The van der Waals surface area contributed by atoms with Crippen molar-refractivity contribution < 1.29 is 23.8 Å². The van der Waals surface area contributed by atoms with Crippen LogP contribution in [0.15, 0.2) is 30.6 Å². The van der Waals surface area contributed by atoms with E-state index in [4.69, 9.17) is 37.4 Å². The number of hydrogen-bond donors (Lipinski definition) is 1. The second-order valence-corrected chi connectivity index (χ2v) is 9.44. The number of aromatic nitrogens is 1. The number of nitrogens with one attached hydrogen (secondary N) is 1. The SMILES string of the molecule is COc1ccc(C(=O)Nc2c(Cl)cncc2Cl)cc1O[C@H]1CC[C@@H](OC(=O)C(C)(C)C)C1. The van der Waals surface area contributed by atoms with Crippen molar-refractivity contribution in [2.24, 2.45) is 5.41 Å². The van der Waals surface area contributed by atoms with Crippen LogP contribution in [0.4, 0.5) is 5.69 Å². The summed E-state index contributed by atoms with van der Waals surface area (Å²) in [6.45, 7) is 5.48. The maximum atomic E-state index is 12.8. The van der Waals surface area contributed by atoms with E-state index in [9.17, 15) is 9.59 Å². The van der Waals surface area contributed by atoms with Crippen molar-refractivity contribution in [3.63, 3.8) is 0 Å². The molecule has 0 spiro atoms. The Kier molecular flexibility index (Phi) is 7.51. The van der Waals surface area contributed by atoms with E-state index < -0.39 is 11.3 Å². The first kappa shape index (κ1) is 24.1. The van der Waals surface area contributed by atoms with Crippen LogP contribution in [-0.4, -0.2) is 36.2 Å². The van der Waals surface area contributed by atoms with Crippen molar-refractivity contribution in [3.8, 4) is 11.5 Å². The Labute approximate surface area is 197 Å². The van der Waals surface area contributed by atoms with Crippen LogP contribution in [0, 0.1) is 5.41 Å². The molecular weight excluding hydrogens is 455 g/mol. The van der Waals surface area contributed by atoms with Gasteiger partial charge in [0.2, 0.25) is 0 Å². The molecule has 1 heterocycles. The average Bonchev–Trinajstić information content (AvgIpc) is 3.16. The van der Waals surface area contributed by atoms with Gasteiger partial charge in [-0.1, -0.05) is 23.2 Å². The topological polar surface area (TPSA) is 86.8 Å². The van der Waals surface area contributed by atoms with Gasteiger partial charge in [-0.15, -0.1) is 0 Å². The van der Waals surface area contributed by atoms with Gasteiger partial charge in [0.15, 0.2) is 11.5 Å². The van der Waals surface area contributed by atoms with Gasteiger partial charge in [-0.3, -0.25) is 14.6 Å². The van der Waals surface area contributed by atoms with E-state index in [1.165, 1.54) is 19.5 Å². The molecule has 32 heavy (non-hydrogen) atoms. The molecule has 172 valence electrons. The Balaban J connectivity index is 1.70. The average molecular weight is 481 g/mol. The third kappa shape index (κ3) is 5.84. The van der Waals surface area contributed by atoms with E-state index in [0.717, 1.165) is 6.42 Å². The molecule has 2 aromatic rings. The Morgan fingerprint density at radius 2 is 1.72 bits per heavy atom. The maximum absolute atomic E-state index is 12.8.